The molecule has 1 aromatic heterocycles. The second-order valence-corrected chi connectivity index (χ2v) is 4.89. The Morgan fingerprint density at radius 3 is 2.74 bits per heavy atom. The second kappa shape index (κ2) is 4.62. The predicted molar refractivity (Wildman–Crippen MR) is 68.0 cm³/mol. The van der Waals surface area contributed by atoms with Crippen molar-refractivity contribution in [3.05, 3.63) is 41.7 Å². The first-order chi connectivity index (χ1) is 9.15. The number of aryl methyl sites for hydroxylation is 1. The summed E-state index contributed by atoms with van der Waals surface area (Å²) in [7, 11) is 1.88. The summed E-state index contributed by atoms with van der Waals surface area (Å²) in [6, 6.07) is 4.61. The summed E-state index contributed by atoms with van der Waals surface area (Å²) in [4.78, 5) is 0. The maximum absolute atomic E-state index is 13.6. The molecule has 0 aliphatic carbocycles. The third-order valence-electron chi connectivity index (χ3n) is 3.46. The summed E-state index contributed by atoms with van der Waals surface area (Å²) in [5.41, 5.74) is 6.97. The van der Waals surface area contributed by atoms with Crippen LogP contribution in [-0.2, 0) is 11.8 Å². The van der Waals surface area contributed by atoms with Crippen molar-refractivity contribution >= 4 is 5.69 Å². The van der Waals surface area contributed by atoms with Crippen LogP contribution in [0.1, 0.15) is 17.3 Å². The fourth-order valence-electron chi connectivity index (χ4n) is 2.47. The maximum Gasteiger partial charge on any atom is 0.140 e. The number of rotatable bonds is 3. The number of nitrogens with zero attached hydrogens (tertiary/aromatic N) is 3. The molecule has 19 heavy (non-hydrogen) atoms. The van der Waals surface area contributed by atoms with Gasteiger partial charge in [0.15, 0.2) is 0 Å². The highest BCUT2D eigenvalue weighted by molar-refractivity contribution is 5.44. The van der Waals surface area contributed by atoms with Crippen LogP contribution in [0.15, 0.2) is 24.5 Å². The molecule has 0 radical (unpaired) electrons. The summed E-state index contributed by atoms with van der Waals surface area (Å²) in [5.74, 6) is 0.712. The molecule has 1 fully saturated rings. The number of aromatic nitrogens is 3. The lowest BCUT2D eigenvalue weighted by molar-refractivity contribution is -0.0407. The van der Waals surface area contributed by atoms with Crippen LogP contribution < -0.4 is 5.73 Å². The molecule has 0 bridgehead atoms. The molecule has 2 N–H and O–H groups in total. The number of hydrogen-bond acceptors (Lipinski definition) is 4. The van der Waals surface area contributed by atoms with E-state index in [2.05, 4.69) is 10.2 Å². The van der Waals surface area contributed by atoms with E-state index in [9.17, 15) is 4.39 Å². The molecule has 0 spiro atoms. The molecule has 0 amide bonds. The Balaban J connectivity index is 2.06. The average Bonchev–Trinajstić information content (AvgIpc) is 2.68. The van der Waals surface area contributed by atoms with Crippen LogP contribution in [0.25, 0.3) is 0 Å². The maximum atomic E-state index is 13.6. The highest BCUT2D eigenvalue weighted by Gasteiger charge is 2.34. The zero-order chi connectivity index (χ0) is 13.4. The first-order valence-electron chi connectivity index (χ1n) is 6.13. The highest BCUT2D eigenvalue weighted by atomic mass is 19.1. The Bertz CT molecular complexity index is 574. The monoisotopic (exact) mass is 262 g/mol. The minimum atomic E-state index is -0.331. The number of halogens is 1. The lowest BCUT2D eigenvalue weighted by Crippen LogP contribution is -2.35. The summed E-state index contributed by atoms with van der Waals surface area (Å²) in [6.07, 6.45) is 1.64. The van der Waals surface area contributed by atoms with Crippen molar-refractivity contribution in [3.8, 4) is 0 Å². The van der Waals surface area contributed by atoms with Crippen molar-refractivity contribution in [1.82, 2.24) is 14.8 Å². The van der Waals surface area contributed by atoms with E-state index in [0.717, 1.165) is 11.4 Å². The van der Waals surface area contributed by atoms with Crippen molar-refractivity contribution in [2.75, 3.05) is 18.9 Å². The Morgan fingerprint density at radius 2 is 2.21 bits per heavy atom. The van der Waals surface area contributed by atoms with Gasteiger partial charge in [-0.05, 0) is 23.8 Å². The molecule has 2 heterocycles. The lowest BCUT2D eigenvalue weighted by atomic mass is 9.83. The van der Waals surface area contributed by atoms with Gasteiger partial charge >= 0.3 is 0 Å². The fraction of sp³-hybridized carbons (Fsp3) is 0.385. The van der Waals surface area contributed by atoms with Gasteiger partial charge in [-0.25, -0.2) is 4.39 Å². The molecular formula is C13H15FN4O. The average molecular weight is 262 g/mol. The number of hydrogen-bond donors (Lipinski definition) is 1. The minimum absolute atomic E-state index is 0.0424. The van der Waals surface area contributed by atoms with E-state index in [1.54, 1.807) is 12.4 Å². The van der Waals surface area contributed by atoms with Crippen LogP contribution in [0.4, 0.5) is 10.1 Å². The molecule has 5 nitrogen and oxygen atoms in total. The van der Waals surface area contributed by atoms with Gasteiger partial charge in [0.1, 0.15) is 18.0 Å². The molecule has 100 valence electrons. The number of benzene rings is 1. The fourth-order valence-corrected chi connectivity index (χ4v) is 2.47. The molecule has 1 atom stereocenters. The van der Waals surface area contributed by atoms with Crippen molar-refractivity contribution in [2.24, 2.45) is 13.0 Å². The molecule has 1 aliphatic heterocycles. The molecule has 3 rings (SSSR count). The topological polar surface area (TPSA) is 66.0 Å². The molecular weight excluding hydrogens is 247 g/mol. The van der Waals surface area contributed by atoms with Crippen LogP contribution >= 0.6 is 0 Å². The summed E-state index contributed by atoms with van der Waals surface area (Å²) in [5, 5.41) is 8.05. The van der Waals surface area contributed by atoms with E-state index in [1.807, 2.05) is 11.6 Å². The van der Waals surface area contributed by atoms with Crippen molar-refractivity contribution in [1.29, 1.82) is 0 Å². The Labute approximate surface area is 110 Å². The smallest absolute Gasteiger partial charge is 0.140 e. The van der Waals surface area contributed by atoms with Gasteiger partial charge in [0, 0.05) is 18.7 Å². The van der Waals surface area contributed by atoms with E-state index in [4.69, 9.17) is 10.5 Å². The number of ether oxygens (including phenoxy) is 1. The van der Waals surface area contributed by atoms with Crippen LogP contribution in [0, 0.1) is 11.7 Å². The third kappa shape index (κ3) is 2.19. The van der Waals surface area contributed by atoms with Gasteiger partial charge < -0.3 is 15.0 Å². The summed E-state index contributed by atoms with van der Waals surface area (Å²) >= 11 is 0. The largest absolute Gasteiger partial charge is 0.399 e. The summed E-state index contributed by atoms with van der Waals surface area (Å²) in [6.45, 7) is 1.29. The van der Waals surface area contributed by atoms with Gasteiger partial charge in [0.2, 0.25) is 0 Å². The number of anilines is 1. The minimum Gasteiger partial charge on any atom is -0.399 e. The van der Waals surface area contributed by atoms with Crippen molar-refractivity contribution in [3.63, 3.8) is 0 Å². The van der Waals surface area contributed by atoms with Gasteiger partial charge in [-0.2, -0.15) is 0 Å². The molecule has 2 aromatic rings. The molecule has 1 aromatic carbocycles. The molecule has 1 aliphatic rings. The SMILES string of the molecule is Cn1cnnc1C(c1cc(N)cc(F)c1)C1COC1. The van der Waals surface area contributed by atoms with Crippen molar-refractivity contribution in [2.45, 2.75) is 5.92 Å². The van der Waals surface area contributed by atoms with E-state index >= 15 is 0 Å². The normalized spacial score (nSPS) is 17.2. The molecule has 1 unspecified atom stereocenters. The second-order valence-electron chi connectivity index (χ2n) is 4.89. The van der Waals surface area contributed by atoms with E-state index in [-0.39, 0.29) is 17.7 Å². The van der Waals surface area contributed by atoms with E-state index < -0.39 is 0 Å². The Kier molecular flexibility index (Phi) is 2.94. The lowest BCUT2D eigenvalue weighted by Gasteiger charge is -2.33. The van der Waals surface area contributed by atoms with E-state index in [1.165, 1.54) is 12.1 Å². The van der Waals surface area contributed by atoms with Crippen molar-refractivity contribution < 1.29 is 9.13 Å². The quantitative estimate of drug-likeness (QED) is 0.847. The van der Waals surface area contributed by atoms with Crippen LogP contribution in [0.5, 0.6) is 0 Å². The first-order valence-corrected chi connectivity index (χ1v) is 6.13. The predicted octanol–water partition coefficient (Wildman–Crippen LogP) is 1.31. The van der Waals surface area contributed by atoms with Gasteiger partial charge in [-0.1, -0.05) is 0 Å². The van der Waals surface area contributed by atoms with Gasteiger partial charge in [0.05, 0.1) is 19.1 Å². The third-order valence-corrected chi connectivity index (χ3v) is 3.46. The van der Waals surface area contributed by atoms with E-state index in [0.29, 0.717) is 18.9 Å². The Morgan fingerprint density at radius 1 is 1.42 bits per heavy atom. The Hall–Kier alpha value is -1.95. The van der Waals surface area contributed by atoms with Crippen LogP contribution in [0.3, 0.4) is 0 Å². The van der Waals surface area contributed by atoms with Crippen LogP contribution in [0.2, 0.25) is 0 Å². The number of nitrogen functional groups attached to an aromatic ring is 1. The molecule has 6 heteroatoms. The summed E-state index contributed by atoms with van der Waals surface area (Å²) < 4.78 is 20.7. The van der Waals surface area contributed by atoms with Gasteiger partial charge in [-0.15, -0.1) is 10.2 Å². The highest BCUT2D eigenvalue weighted by Crippen LogP contribution is 2.35. The first kappa shape index (κ1) is 12.1. The number of nitrogens with two attached hydrogens (primary N) is 1. The zero-order valence-electron chi connectivity index (χ0n) is 10.6. The standard InChI is InChI=1S/C13H15FN4O/c1-18-7-16-17-13(18)12(9-5-19-6-9)8-2-10(14)4-11(15)3-8/h2-4,7,9,12H,5-6,15H2,1H3. The molecule has 1 saturated heterocycles. The van der Waals surface area contributed by atoms with Crippen LogP contribution in [-0.4, -0.2) is 28.0 Å². The molecule has 0 saturated carbocycles. The van der Waals surface area contributed by atoms with Gasteiger partial charge in [-0.3, -0.25) is 0 Å². The zero-order valence-corrected chi connectivity index (χ0v) is 10.6. The van der Waals surface area contributed by atoms with Gasteiger partial charge in [0.25, 0.3) is 0 Å².